The van der Waals surface area contributed by atoms with E-state index in [1.807, 2.05) is 0 Å². The van der Waals surface area contributed by atoms with Crippen LogP contribution in [0.15, 0.2) is 0 Å². The molecule has 2 heterocycles. The van der Waals surface area contributed by atoms with Crippen molar-refractivity contribution in [2.45, 2.75) is 83.5 Å². The molecule has 20 heavy (non-hydrogen) atoms. The van der Waals surface area contributed by atoms with Gasteiger partial charge < -0.3 is 10.6 Å². The molecule has 2 aliphatic heterocycles. The molecule has 4 heteroatoms. The van der Waals surface area contributed by atoms with Gasteiger partial charge in [-0.15, -0.1) is 0 Å². The molecule has 116 valence electrons. The normalized spacial score (nSPS) is 31.9. The van der Waals surface area contributed by atoms with Gasteiger partial charge in [-0.25, -0.2) is 0 Å². The minimum Gasteiger partial charge on any atom is -0.355 e. The van der Waals surface area contributed by atoms with E-state index in [-0.39, 0.29) is 11.9 Å². The highest BCUT2D eigenvalue weighted by atomic mass is 16.2. The van der Waals surface area contributed by atoms with E-state index < -0.39 is 0 Å². The first-order valence-corrected chi connectivity index (χ1v) is 8.45. The van der Waals surface area contributed by atoms with Gasteiger partial charge in [0.2, 0.25) is 5.91 Å². The van der Waals surface area contributed by atoms with Gasteiger partial charge in [-0.05, 0) is 45.6 Å². The van der Waals surface area contributed by atoms with Crippen LogP contribution in [0.3, 0.4) is 0 Å². The number of nitrogens with one attached hydrogen (secondary N) is 2. The second kappa shape index (κ2) is 7.41. The van der Waals surface area contributed by atoms with Crippen LogP contribution in [0.5, 0.6) is 0 Å². The number of amides is 1. The third kappa shape index (κ3) is 3.53. The quantitative estimate of drug-likeness (QED) is 0.781. The number of hydrogen-bond acceptors (Lipinski definition) is 3. The number of hydrogen-bond donors (Lipinski definition) is 2. The van der Waals surface area contributed by atoms with Crippen molar-refractivity contribution < 1.29 is 4.79 Å². The molecule has 2 aliphatic rings. The number of fused-ring (bicyclic) bond motifs is 2. The molecule has 0 spiro atoms. The lowest BCUT2D eigenvalue weighted by Gasteiger charge is -2.51. The molecular weight excluding hydrogens is 250 g/mol. The number of rotatable bonds is 6. The summed E-state index contributed by atoms with van der Waals surface area (Å²) in [6, 6.07) is 1.86. The summed E-state index contributed by atoms with van der Waals surface area (Å²) < 4.78 is 0. The Kier molecular flexibility index (Phi) is 5.85. The summed E-state index contributed by atoms with van der Waals surface area (Å²) in [6.07, 6.45) is 7.25. The van der Waals surface area contributed by atoms with Crippen LogP contribution in [0.2, 0.25) is 0 Å². The molecule has 0 saturated carbocycles. The summed E-state index contributed by atoms with van der Waals surface area (Å²) >= 11 is 0. The minimum absolute atomic E-state index is 0.0272. The van der Waals surface area contributed by atoms with Gasteiger partial charge in [0, 0.05) is 24.7 Å². The van der Waals surface area contributed by atoms with Crippen LogP contribution in [0.25, 0.3) is 0 Å². The number of carbonyl (C=O) groups excluding carboxylic acids is 1. The summed E-state index contributed by atoms with van der Waals surface area (Å²) in [7, 11) is 0. The first-order chi connectivity index (χ1) is 9.67. The number of carbonyl (C=O) groups is 1. The van der Waals surface area contributed by atoms with E-state index in [0.29, 0.717) is 18.1 Å². The highest BCUT2D eigenvalue weighted by Crippen LogP contribution is 2.35. The van der Waals surface area contributed by atoms with Crippen LogP contribution in [-0.2, 0) is 4.79 Å². The Balaban J connectivity index is 1.98. The summed E-state index contributed by atoms with van der Waals surface area (Å²) in [4.78, 5) is 14.8. The molecule has 2 N–H and O–H groups in total. The number of nitrogens with zero attached hydrogens (tertiary/aromatic N) is 1. The van der Waals surface area contributed by atoms with Crippen molar-refractivity contribution in [2.75, 3.05) is 13.1 Å². The lowest BCUT2D eigenvalue weighted by molar-refractivity contribution is -0.130. The second-order valence-electron chi connectivity index (χ2n) is 6.38. The van der Waals surface area contributed by atoms with Crippen molar-refractivity contribution in [1.82, 2.24) is 15.5 Å². The Hall–Kier alpha value is -0.610. The number of piperidine rings is 2. The van der Waals surface area contributed by atoms with Crippen LogP contribution in [0, 0.1) is 0 Å². The zero-order chi connectivity index (χ0) is 14.5. The molecule has 0 aliphatic carbocycles. The van der Waals surface area contributed by atoms with Crippen molar-refractivity contribution >= 4 is 5.91 Å². The van der Waals surface area contributed by atoms with Gasteiger partial charge >= 0.3 is 0 Å². The zero-order valence-corrected chi connectivity index (χ0v) is 13.3. The van der Waals surface area contributed by atoms with Crippen LogP contribution < -0.4 is 10.6 Å². The van der Waals surface area contributed by atoms with E-state index in [1.165, 1.54) is 32.1 Å². The fourth-order valence-electron chi connectivity index (χ4n) is 4.04. The van der Waals surface area contributed by atoms with Crippen molar-refractivity contribution in [2.24, 2.45) is 0 Å². The van der Waals surface area contributed by atoms with E-state index in [2.05, 4.69) is 36.3 Å². The predicted octanol–water partition coefficient (Wildman–Crippen LogP) is 1.90. The zero-order valence-electron chi connectivity index (χ0n) is 13.3. The maximum atomic E-state index is 12.3. The highest BCUT2D eigenvalue weighted by Gasteiger charge is 2.41. The molecule has 2 bridgehead atoms. The lowest BCUT2D eigenvalue weighted by Crippen LogP contribution is -2.61. The third-order valence-corrected chi connectivity index (χ3v) is 4.90. The Labute approximate surface area is 123 Å². The van der Waals surface area contributed by atoms with E-state index in [0.717, 1.165) is 19.5 Å². The molecule has 4 nitrogen and oxygen atoms in total. The van der Waals surface area contributed by atoms with Crippen molar-refractivity contribution in [3.8, 4) is 0 Å². The largest absolute Gasteiger partial charge is 0.355 e. The summed E-state index contributed by atoms with van der Waals surface area (Å²) in [5.74, 6) is 0.214. The van der Waals surface area contributed by atoms with Crippen molar-refractivity contribution in [3.05, 3.63) is 0 Å². The minimum atomic E-state index is 0.0272. The highest BCUT2D eigenvalue weighted by molar-refractivity contribution is 5.81. The lowest BCUT2D eigenvalue weighted by atomic mass is 9.80. The Morgan fingerprint density at radius 1 is 1.25 bits per heavy atom. The van der Waals surface area contributed by atoms with Crippen molar-refractivity contribution in [1.29, 1.82) is 0 Å². The van der Waals surface area contributed by atoms with E-state index in [1.54, 1.807) is 0 Å². The Morgan fingerprint density at radius 3 is 2.45 bits per heavy atom. The molecule has 0 aromatic rings. The Bertz CT molecular complexity index is 307. The average molecular weight is 281 g/mol. The van der Waals surface area contributed by atoms with Gasteiger partial charge in [-0.3, -0.25) is 9.69 Å². The second-order valence-corrected chi connectivity index (χ2v) is 6.38. The molecule has 0 aromatic carbocycles. The van der Waals surface area contributed by atoms with Crippen LogP contribution in [0.4, 0.5) is 0 Å². The molecule has 0 aromatic heterocycles. The molecule has 0 radical (unpaired) electrons. The van der Waals surface area contributed by atoms with Gasteiger partial charge in [0.05, 0.1) is 6.04 Å². The fourth-order valence-corrected chi connectivity index (χ4v) is 4.04. The van der Waals surface area contributed by atoms with Crippen LogP contribution in [0.1, 0.15) is 59.3 Å². The predicted molar refractivity (Wildman–Crippen MR) is 82.7 cm³/mol. The maximum absolute atomic E-state index is 12.3. The molecule has 2 saturated heterocycles. The van der Waals surface area contributed by atoms with E-state index >= 15 is 0 Å². The van der Waals surface area contributed by atoms with E-state index in [9.17, 15) is 4.79 Å². The smallest absolute Gasteiger partial charge is 0.237 e. The van der Waals surface area contributed by atoms with Gasteiger partial charge in [-0.1, -0.05) is 20.3 Å². The molecule has 3 unspecified atom stereocenters. The van der Waals surface area contributed by atoms with E-state index in [4.69, 9.17) is 0 Å². The summed E-state index contributed by atoms with van der Waals surface area (Å²) in [5.41, 5.74) is 0. The van der Waals surface area contributed by atoms with Crippen LogP contribution >= 0.6 is 0 Å². The van der Waals surface area contributed by atoms with Gasteiger partial charge in [-0.2, -0.15) is 0 Å². The maximum Gasteiger partial charge on any atom is 0.237 e. The van der Waals surface area contributed by atoms with Crippen LogP contribution in [-0.4, -0.2) is 48.1 Å². The van der Waals surface area contributed by atoms with Crippen molar-refractivity contribution in [3.63, 3.8) is 0 Å². The summed E-state index contributed by atoms with van der Waals surface area (Å²) in [5, 5.41) is 6.67. The topological polar surface area (TPSA) is 44.4 Å². The Morgan fingerprint density at radius 2 is 1.90 bits per heavy atom. The summed E-state index contributed by atoms with van der Waals surface area (Å²) in [6.45, 7) is 8.22. The standard InChI is InChI=1S/C16H31N3O/c1-4-9-18-16(20)12(3)19-14-7-6-8-15(19)11-13(10-14)17-5-2/h12-15,17H,4-11H2,1-3H3,(H,18,20). The molecule has 3 atom stereocenters. The van der Waals surface area contributed by atoms with Gasteiger partial charge in [0.25, 0.3) is 0 Å². The SMILES string of the molecule is CCCNC(=O)C(C)N1C2CCCC1CC(NCC)C2. The molecule has 1 amide bonds. The molecular formula is C16H31N3O. The monoisotopic (exact) mass is 281 g/mol. The average Bonchev–Trinajstić information content (AvgIpc) is 2.43. The third-order valence-electron chi connectivity index (χ3n) is 4.90. The first-order valence-electron chi connectivity index (χ1n) is 8.45. The molecule has 2 fully saturated rings. The fraction of sp³-hybridized carbons (Fsp3) is 0.938. The first kappa shape index (κ1) is 15.8. The molecule has 2 rings (SSSR count). The van der Waals surface area contributed by atoms with Gasteiger partial charge in [0.1, 0.15) is 0 Å². The van der Waals surface area contributed by atoms with Gasteiger partial charge in [0.15, 0.2) is 0 Å².